The molecule has 2 rings (SSSR count). The largest absolute Gasteiger partial charge is 0.497 e. The Balaban J connectivity index is 2.05. The first-order chi connectivity index (χ1) is 10.7. The van der Waals surface area contributed by atoms with Crippen molar-refractivity contribution in [3.8, 4) is 5.75 Å². The van der Waals surface area contributed by atoms with Crippen LogP contribution < -0.4 is 10.1 Å². The lowest BCUT2D eigenvalue weighted by Gasteiger charge is -2.22. The van der Waals surface area contributed by atoms with Crippen molar-refractivity contribution in [1.82, 2.24) is 5.32 Å². The van der Waals surface area contributed by atoms with Crippen LogP contribution in [0.4, 0.5) is 0 Å². The van der Waals surface area contributed by atoms with E-state index in [1.165, 1.54) is 5.56 Å². The molecule has 0 bridgehead atoms. The smallest absolute Gasteiger partial charge is 0.119 e. The Bertz CT molecular complexity index is 556. The third kappa shape index (κ3) is 4.86. The molecular weight excluding hydrogens is 274 g/mol. The Morgan fingerprint density at radius 2 is 1.82 bits per heavy atom. The van der Waals surface area contributed by atoms with Crippen molar-refractivity contribution < 1.29 is 9.47 Å². The minimum atomic E-state index is 0.0786. The number of ether oxygens (including phenoxy) is 2. The van der Waals surface area contributed by atoms with E-state index in [-0.39, 0.29) is 6.10 Å². The van der Waals surface area contributed by atoms with Crippen LogP contribution in [0.1, 0.15) is 30.6 Å². The maximum Gasteiger partial charge on any atom is 0.119 e. The normalized spacial score (nSPS) is 13.6. The van der Waals surface area contributed by atoms with Gasteiger partial charge in [0.05, 0.1) is 19.8 Å². The summed E-state index contributed by atoms with van der Waals surface area (Å²) in [7, 11) is 3.66. The molecule has 22 heavy (non-hydrogen) atoms. The van der Waals surface area contributed by atoms with Gasteiger partial charge in [-0.3, -0.25) is 0 Å². The van der Waals surface area contributed by atoms with Crippen LogP contribution in [0.3, 0.4) is 0 Å². The van der Waals surface area contributed by atoms with E-state index in [1.807, 2.05) is 31.3 Å². The van der Waals surface area contributed by atoms with E-state index in [2.05, 4.69) is 42.6 Å². The fourth-order valence-electron chi connectivity index (χ4n) is 2.37. The van der Waals surface area contributed by atoms with Gasteiger partial charge in [-0.2, -0.15) is 0 Å². The molecule has 0 fully saturated rings. The summed E-state index contributed by atoms with van der Waals surface area (Å²) in [6.07, 6.45) is 1.01. The average Bonchev–Trinajstić information content (AvgIpc) is 2.59. The highest BCUT2D eigenvalue weighted by atomic mass is 16.5. The van der Waals surface area contributed by atoms with Crippen LogP contribution in [0.25, 0.3) is 0 Å². The van der Waals surface area contributed by atoms with E-state index < -0.39 is 0 Å². The number of benzene rings is 2. The minimum Gasteiger partial charge on any atom is -0.497 e. The van der Waals surface area contributed by atoms with Crippen molar-refractivity contribution >= 4 is 0 Å². The minimum absolute atomic E-state index is 0.0786. The molecule has 2 atom stereocenters. The van der Waals surface area contributed by atoms with E-state index in [0.717, 1.165) is 17.7 Å². The predicted octanol–water partition coefficient (Wildman–Crippen LogP) is 3.95. The summed E-state index contributed by atoms with van der Waals surface area (Å²) in [5.74, 6) is 0.862. The standard InChI is InChI=1S/C19H25NO2/c1-15(20-2)12-19(17-9-5-4-6-10-17)22-14-16-8-7-11-18(13-16)21-3/h4-11,13,15,19-20H,12,14H2,1-3H3. The van der Waals surface area contributed by atoms with Crippen molar-refractivity contribution in [2.75, 3.05) is 14.2 Å². The molecule has 0 aliphatic rings. The molecule has 0 aromatic heterocycles. The monoisotopic (exact) mass is 299 g/mol. The summed E-state index contributed by atoms with van der Waals surface area (Å²) in [5, 5.41) is 3.28. The van der Waals surface area contributed by atoms with E-state index in [9.17, 15) is 0 Å². The van der Waals surface area contributed by atoms with Gasteiger partial charge in [-0.1, -0.05) is 42.5 Å². The molecule has 3 nitrogen and oxygen atoms in total. The highest BCUT2D eigenvalue weighted by molar-refractivity contribution is 5.28. The summed E-state index contributed by atoms with van der Waals surface area (Å²) >= 11 is 0. The Morgan fingerprint density at radius 1 is 1.05 bits per heavy atom. The molecule has 0 radical (unpaired) electrons. The van der Waals surface area contributed by atoms with Crippen molar-refractivity contribution in [3.63, 3.8) is 0 Å². The van der Waals surface area contributed by atoms with E-state index in [0.29, 0.717) is 12.6 Å². The quantitative estimate of drug-likeness (QED) is 0.800. The van der Waals surface area contributed by atoms with Crippen LogP contribution in [0.15, 0.2) is 54.6 Å². The number of nitrogens with one attached hydrogen (secondary N) is 1. The Morgan fingerprint density at radius 3 is 2.50 bits per heavy atom. The van der Waals surface area contributed by atoms with Crippen LogP contribution >= 0.6 is 0 Å². The molecular formula is C19H25NO2. The third-order valence-electron chi connectivity index (χ3n) is 3.82. The van der Waals surface area contributed by atoms with Crippen LogP contribution in [0.5, 0.6) is 5.75 Å². The van der Waals surface area contributed by atoms with Gasteiger partial charge >= 0.3 is 0 Å². The maximum absolute atomic E-state index is 6.19. The summed E-state index contributed by atoms with van der Waals surface area (Å²) in [4.78, 5) is 0. The molecule has 0 spiro atoms. The fourth-order valence-corrected chi connectivity index (χ4v) is 2.37. The average molecular weight is 299 g/mol. The van der Waals surface area contributed by atoms with Gasteiger partial charge in [-0.05, 0) is 43.7 Å². The Kier molecular flexibility index (Phi) is 6.44. The molecule has 0 saturated carbocycles. The van der Waals surface area contributed by atoms with E-state index >= 15 is 0 Å². The summed E-state index contributed by atoms with van der Waals surface area (Å²) < 4.78 is 11.5. The molecule has 2 aromatic carbocycles. The second-order valence-corrected chi connectivity index (χ2v) is 5.49. The van der Waals surface area contributed by atoms with Crippen molar-refractivity contribution in [2.45, 2.75) is 32.1 Å². The highest BCUT2D eigenvalue weighted by Gasteiger charge is 2.15. The molecule has 0 saturated heterocycles. The lowest BCUT2D eigenvalue weighted by atomic mass is 10.0. The van der Waals surface area contributed by atoms with Crippen LogP contribution in [0, 0.1) is 0 Å². The first-order valence-electron chi connectivity index (χ1n) is 7.69. The zero-order valence-corrected chi connectivity index (χ0v) is 13.6. The molecule has 118 valence electrons. The number of hydrogen-bond donors (Lipinski definition) is 1. The van der Waals surface area contributed by atoms with Crippen molar-refractivity contribution in [3.05, 3.63) is 65.7 Å². The lowest BCUT2D eigenvalue weighted by Crippen LogP contribution is -2.24. The third-order valence-corrected chi connectivity index (χ3v) is 3.82. The van der Waals surface area contributed by atoms with Gasteiger partial charge in [-0.25, -0.2) is 0 Å². The Hall–Kier alpha value is -1.84. The molecule has 0 heterocycles. The molecule has 1 N–H and O–H groups in total. The van der Waals surface area contributed by atoms with Gasteiger partial charge in [0, 0.05) is 6.04 Å². The van der Waals surface area contributed by atoms with Crippen LogP contribution in [-0.2, 0) is 11.3 Å². The van der Waals surface area contributed by atoms with Gasteiger partial charge in [0.25, 0.3) is 0 Å². The zero-order chi connectivity index (χ0) is 15.8. The maximum atomic E-state index is 6.19. The second-order valence-electron chi connectivity index (χ2n) is 5.49. The van der Waals surface area contributed by atoms with E-state index in [1.54, 1.807) is 7.11 Å². The van der Waals surface area contributed by atoms with Crippen molar-refractivity contribution in [2.24, 2.45) is 0 Å². The van der Waals surface area contributed by atoms with Crippen LogP contribution in [-0.4, -0.2) is 20.2 Å². The molecule has 0 amide bonds. The topological polar surface area (TPSA) is 30.5 Å². The number of hydrogen-bond acceptors (Lipinski definition) is 3. The van der Waals surface area contributed by atoms with Gasteiger partial charge in [-0.15, -0.1) is 0 Å². The molecule has 2 aromatic rings. The SMILES string of the molecule is CNC(C)CC(OCc1cccc(OC)c1)c1ccccc1. The Labute approximate surface area is 133 Å². The lowest BCUT2D eigenvalue weighted by molar-refractivity contribution is 0.0285. The van der Waals surface area contributed by atoms with E-state index in [4.69, 9.17) is 9.47 Å². The first kappa shape index (κ1) is 16.5. The highest BCUT2D eigenvalue weighted by Crippen LogP contribution is 2.25. The number of rotatable bonds is 8. The summed E-state index contributed by atoms with van der Waals surface area (Å²) in [6, 6.07) is 18.8. The molecule has 0 aliphatic heterocycles. The van der Waals surface area contributed by atoms with Crippen molar-refractivity contribution in [1.29, 1.82) is 0 Å². The molecule has 0 aliphatic carbocycles. The van der Waals surface area contributed by atoms with Crippen LogP contribution in [0.2, 0.25) is 0 Å². The number of methoxy groups -OCH3 is 1. The fraction of sp³-hybridized carbons (Fsp3) is 0.368. The van der Waals surface area contributed by atoms with Gasteiger partial charge < -0.3 is 14.8 Å². The molecule has 3 heteroatoms. The molecule has 2 unspecified atom stereocenters. The zero-order valence-electron chi connectivity index (χ0n) is 13.6. The predicted molar refractivity (Wildman–Crippen MR) is 90.1 cm³/mol. The summed E-state index contributed by atoms with van der Waals surface area (Å²) in [6.45, 7) is 2.75. The van der Waals surface area contributed by atoms with Gasteiger partial charge in [0.1, 0.15) is 5.75 Å². The van der Waals surface area contributed by atoms with Gasteiger partial charge in [0.15, 0.2) is 0 Å². The summed E-state index contributed by atoms with van der Waals surface area (Å²) in [5.41, 5.74) is 2.34. The second kappa shape index (κ2) is 8.57. The first-order valence-corrected chi connectivity index (χ1v) is 7.69. The van der Waals surface area contributed by atoms with Gasteiger partial charge in [0.2, 0.25) is 0 Å².